The third-order valence-electron chi connectivity index (χ3n) is 3.25. The number of rotatable bonds is 4. The average Bonchev–Trinajstić information content (AvgIpc) is 2.31. The first kappa shape index (κ1) is 12.0. The van der Waals surface area contributed by atoms with Gasteiger partial charge in [-0.2, -0.15) is 0 Å². The van der Waals surface area contributed by atoms with Crippen molar-refractivity contribution in [3.05, 3.63) is 0 Å². The van der Waals surface area contributed by atoms with Crippen LogP contribution in [0.3, 0.4) is 0 Å². The second-order valence-electron chi connectivity index (χ2n) is 5.56. The molecule has 1 fully saturated rings. The molecule has 1 N–H and O–H groups in total. The Hall–Kier alpha value is -0.0800. The Morgan fingerprint density at radius 3 is 2.50 bits per heavy atom. The molecule has 2 nitrogen and oxygen atoms in total. The Morgan fingerprint density at radius 1 is 1.43 bits per heavy atom. The molecule has 2 heteroatoms. The van der Waals surface area contributed by atoms with E-state index in [0.29, 0.717) is 5.92 Å². The largest absolute Gasteiger partial charge is 0.390 e. The molecule has 0 heterocycles. The minimum atomic E-state index is -0.283. The summed E-state index contributed by atoms with van der Waals surface area (Å²) >= 11 is 0. The molecule has 0 aliphatic heterocycles. The molecule has 0 spiro atoms. The zero-order valence-corrected chi connectivity index (χ0v) is 9.92. The molecule has 2 atom stereocenters. The van der Waals surface area contributed by atoms with E-state index < -0.39 is 0 Å². The summed E-state index contributed by atoms with van der Waals surface area (Å²) in [4.78, 5) is 0. The van der Waals surface area contributed by atoms with Gasteiger partial charge in [-0.3, -0.25) is 0 Å². The van der Waals surface area contributed by atoms with E-state index >= 15 is 0 Å². The fourth-order valence-electron chi connectivity index (χ4n) is 1.95. The maximum atomic E-state index is 9.96. The summed E-state index contributed by atoms with van der Waals surface area (Å²) in [6, 6.07) is 0. The zero-order valence-electron chi connectivity index (χ0n) is 9.92. The van der Waals surface area contributed by atoms with Crippen LogP contribution < -0.4 is 0 Å². The van der Waals surface area contributed by atoms with Crippen molar-refractivity contribution in [3.8, 4) is 0 Å². The highest BCUT2D eigenvalue weighted by molar-refractivity contribution is 4.91. The van der Waals surface area contributed by atoms with Crippen molar-refractivity contribution in [2.75, 3.05) is 6.61 Å². The van der Waals surface area contributed by atoms with Gasteiger partial charge in [0.05, 0.1) is 12.2 Å². The van der Waals surface area contributed by atoms with Gasteiger partial charge in [-0.15, -0.1) is 0 Å². The highest BCUT2D eigenvalue weighted by Gasteiger charge is 2.41. The van der Waals surface area contributed by atoms with Gasteiger partial charge >= 0.3 is 0 Å². The zero-order chi connectivity index (χ0) is 10.8. The minimum absolute atomic E-state index is 0.0441. The Kier molecular flexibility index (Phi) is 3.96. The van der Waals surface area contributed by atoms with E-state index in [0.717, 1.165) is 25.9 Å². The Labute approximate surface area is 87.7 Å². The van der Waals surface area contributed by atoms with Crippen molar-refractivity contribution >= 4 is 0 Å². The molecule has 14 heavy (non-hydrogen) atoms. The van der Waals surface area contributed by atoms with Gasteiger partial charge in [0.1, 0.15) is 0 Å². The second-order valence-corrected chi connectivity index (χ2v) is 5.56. The first-order valence-corrected chi connectivity index (χ1v) is 5.73. The summed E-state index contributed by atoms with van der Waals surface area (Å²) in [7, 11) is 0. The molecule has 1 aliphatic carbocycles. The smallest absolute Gasteiger partial charge is 0.0852 e. The van der Waals surface area contributed by atoms with Crippen LogP contribution in [0.2, 0.25) is 0 Å². The van der Waals surface area contributed by atoms with Gasteiger partial charge in [0.25, 0.3) is 0 Å². The molecule has 1 saturated carbocycles. The highest BCUT2D eigenvalue weighted by Crippen LogP contribution is 2.38. The highest BCUT2D eigenvalue weighted by atomic mass is 16.5. The van der Waals surface area contributed by atoms with Gasteiger partial charge in [-0.25, -0.2) is 0 Å². The molecule has 84 valence electrons. The first-order chi connectivity index (χ1) is 6.43. The SMILES string of the molecule is CC(C)CCOC1CCC(C)(C)C1O. The van der Waals surface area contributed by atoms with Crippen molar-refractivity contribution in [3.63, 3.8) is 0 Å². The second kappa shape index (κ2) is 4.63. The number of aliphatic hydroxyl groups excluding tert-OH is 1. The first-order valence-electron chi connectivity index (χ1n) is 5.73. The van der Waals surface area contributed by atoms with E-state index in [2.05, 4.69) is 27.7 Å². The number of aliphatic hydroxyl groups is 1. The van der Waals surface area contributed by atoms with Crippen LogP contribution in [0.1, 0.15) is 47.0 Å². The molecule has 1 aliphatic rings. The summed E-state index contributed by atoms with van der Waals surface area (Å²) in [6.07, 6.45) is 2.95. The third-order valence-corrected chi connectivity index (χ3v) is 3.25. The molecule has 0 aromatic carbocycles. The Morgan fingerprint density at radius 2 is 2.07 bits per heavy atom. The Balaban J connectivity index is 2.27. The maximum absolute atomic E-state index is 9.96. The lowest BCUT2D eigenvalue weighted by atomic mass is 9.89. The van der Waals surface area contributed by atoms with E-state index in [1.165, 1.54) is 0 Å². The predicted molar refractivity (Wildman–Crippen MR) is 58.2 cm³/mol. The van der Waals surface area contributed by atoms with Crippen molar-refractivity contribution in [2.24, 2.45) is 11.3 Å². The fourth-order valence-corrected chi connectivity index (χ4v) is 1.95. The van der Waals surface area contributed by atoms with Gasteiger partial charge in [-0.1, -0.05) is 27.7 Å². The molecule has 2 unspecified atom stereocenters. The average molecular weight is 200 g/mol. The molecule has 0 aromatic rings. The molecule has 0 bridgehead atoms. The predicted octanol–water partition coefficient (Wildman–Crippen LogP) is 2.60. The summed E-state index contributed by atoms with van der Waals surface area (Å²) in [5.41, 5.74) is 0.0441. The van der Waals surface area contributed by atoms with Gasteiger partial charge < -0.3 is 9.84 Å². The molecule has 0 aromatic heterocycles. The molecular weight excluding hydrogens is 176 g/mol. The third kappa shape index (κ3) is 2.96. The lowest BCUT2D eigenvalue weighted by Gasteiger charge is -2.25. The van der Waals surface area contributed by atoms with E-state index in [1.54, 1.807) is 0 Å². The van der Waals surface area contributed by atoms with Crippen LogP contribution in [0, 0.1) is 11.3 Å². The standard InChI is InChI=1S/C12H24O2/c1-9(2)6-8-14-10-5-7-12(3,4)11(10)13/h9-11,13H,5-8H2,1-4H3. The van der Waals surface area contributed by atoms with Gasteiger partial charge in [-0.05, 0) is 30.6 Å². The van der Waals surface area contributed by atoms with Crippen LogP contribution in [0.25, 0.3) is 0 Å². The van der Waals surface area contributed by atoms with Crippen LogP contribution in [0.5, 0.6) is 0 Å². The van der Waals surface area contributed by atoms with Crippen LogP contribution >= 0.6 is 0 Å². The summed E-state index contributed by atoms with van der Waals surface area (Å²) in [5, 5.41) is 9.96. The minimum Gasteiger partial charge on any atom is -0.390 e. The number of hydrogen-bond donors (Lipinski definition) is 1. The lowest BCUT2D eigenvalue weighted by molar-refractivity contribution is -0.0518. The Bertz CT molecular complexity index is 175. The normalized spacial score (nSPS) is 31.3. The van der Waals surface area contributed by atoms with E-state index in [-0.39, 0.29) is 17.6 Å². The molecule has 1 rings (SSSR count). The quantitative estimate of drug-likeness (QED) is 0.756. The maximum Gasteiger partial charge on any atom is 0.0852 e. The van der Waals surface area contributed by atoms with Crippen molar-refractivity contribution in [1.82, 2.24) is 0 Å². The van der Waals surface area contributed by atoms with Crippen molar-refractivity contribution in [2.45, 2.75) is 59.2 Å². The van der Waals surface area contributed by atoms with Gasteiger partial charge in [0.2, 0.25) is 0 Å². The van der Waals surface area contributed by atoms with Gasteiger partial charge in [0.15, 0.2) is 0 Å². The van der Waals surface area contributed by atoms with Crippen LogP contribution in [-0.4, -0.2) is 23.9 Å². The lowest BCUT2D eigenvalue weighted by Crippen LogP contribution is -2.33. The fraction of sp³-hybridized carbons (Fsp3) is 1.00. The van der Waals surface area contributed by atoms with Crippen LogP contribution in [0.15, 0.2) is 0 Å². The monoisotopic (exact) mass is 200 g/mol. The topological polar surface area (TPSA) is 29.5 Å². The van der Waals surface area contributed by atoms with E-state index in [1.807, 2.05) is 0 Å². The van der Waals surface area contributed by atoms with E-state index in [9.17, 15) is 5.11 Å². The van der Waals surface area contributed by atoms with E-state index in [4.69, 9.17) is 4.74 Å². The molecular formula is C12H24O2. The number of hydrogen-bond acceptors (Lipinski definition) is 2. The summed E-state index contributed by atoms with van der Waals surface area (Å²) in [5.74, 6) is 0.682. The molecule has 0 saturated heterocycles. The van der Waals surface area contributed by atoms with Gasteiger partial charge in [0, 0.05) is 6.61 Å². The molecule has 0 amide bonds. The van der Waals surface area contributed by atoms with Crippen LogP contribution in [-0.2, 0) is 4.74 Å². The van der Waals surface area contributed by atoms with Crippen LogP contribution in [0.4, 0.5) is 0 Å². The summed E-state index contributed by atoms with van der Waals surface area (Å²) < 4.78 is 5.71. The van der Waals surface area contributed by atoms with Crippen molar-refractivity contribution < 1.29 is 9.84 Å². The number of ether oxygens (including phenoxy) is 1. The molecule has 0 radical (unpaired) electrons. The van der Waals surface area contributed by atoms with Crippen molar-refractivity contribution in [1.29, 1.82) is 0 Å². The summed E-state index contributed by atoms with van der Waals surface area (Å²) in [6.45, 7) is 9.40.